The zero-order chi connectivity index (χ0) is 26.6. The number of amides is 1. The molecule has 36 heavy (non-hydrogen) atoms. The second-order valence-corrected chi connectivity index (χ2v) is 8.89. The molecular weight excluding hydrogens is 466 g/mol. The Morgan fingerprint density at radius 2 is 1.44 bits per heavy atom. The minimum Gasteiger partial charge on any atom is -0.463 e. The number of nitrogens with one attached hydrogen (secondary N) is 1. The number of esters is 1. The number of rotatable bonds is 21. The zero-order valence-electron chi connectivity index (χ0n) is 23.1. The second-order valence-electron chi connectivity index (χ2n) is 8.89. The van der Waals surface area contributed by atoms with E-state index in [1.54, 1.807) is 6.92 Å². The predicted octanol–water partition coefficient (Wildman–Crippen LogP) is 3.44. The molecule has 1 rings (SSSR count). The van der Waals surface area contributed by atoms with Crippen LogP contribution < -0.4 is 5.32 Å². The van der Waals surface area contributed by atoms with Gasteiger partial charge in [-0.3, -0.25) is 4.79 Å². The molecule has 3 atom stereocenters. The van der Waals surface area contributed by atoms with Gasteiger partial charge in [-0.25, -0.2) is 4.79 Å². The van der Waals surface area contributed by atoms with Crippen molar-refractivity contribution < 1.29 is 38.0 Å². The van der Waals surface area contributed by atoms with Gasteiger partial charge >= 0.3 is 5.97 Å². The molecule has 0 aliphatic heterocycles. The molecule has 0 fully saturated rings. The molecule has 1 aliphatic rings. The summed E-state index contributed by atoms with van der Waals surface area (Å²) in [6.07, 6.45) is 5.17. The van der Waals surface area contributed by atoms with Crippen LogP contribution in [0.2, 0.25) is 0 Å². The molecule has 0 saturated heterocycles. The fourth-order valence-electron chi connectivity index (χ4n) is 3.84. The minimum absolute atomic E-state index is 0.0301. The quantitative estimate of drug-likeness (QED) is 0.183. The fraction of sp³-hybridized carbons (Fsp3) is 0.852. The Labute approximate surface area is 217 Å². The minimum atomic E-state index is -0.347. The van der Waals surface area contributed by atoms with Gasteiger partial charge in [0.05, 0.1) is 65.1 Å². The van der Waals surface area contributed by atoms with Crippen molar-refractivity contribution in [2.45, 2.75) is 85.0 Å². The SMILES string of the molecule is CCCOCCOCCOCCOCCC(=O)N[C@H]1CC(C(=O)OCC)=C[C@@H](OC(CC)CC)[C@@H]1C. The van der Waals surface area contributed by atoms with E-state index in [0.717, 1.165) is 25.9 Å². The Bertz CT molecular complexity index is 623. The van der Waals surface area contributed by atoms with E-state index in [1.807, 2.05) is 13.0 Å². The van der Waals surface area contributed by atoms with E-state index in [2.05, 4.69) is 26.1 Å². The van der Waals surface area contributed by atoms with Gasteiger partial charge in [-0.1, -0.05) is 27.7 Å². The van der Waals surface area contributed by atoms with Gasteiger partial charge in [-0.2, -0.15) is 0 Å². The molecule has 1 amide bonds. The molecular formula is C27H49NO8. The molecule has 0 heterocycles. The molecule has 0 spiro atoms. The van der Waals surface area contributed by atoms with E-state index < -0.39 is 0 Å². The summed E-state index contributed by atoms with van der Waals surface area (Å²) in [5.74, 6) is -0.430. The standard InChI is InChI=1S/C27H49NO8/c1-6-11-31-13-15-33-17-18-34-16-14-32-12-10-26(29)28-24-19-22(27(30)35-9-4)20-25(21(24)5)36-23(7-2)8-3/h20-21,23-25H,6-19H2,1-5H3,(H,28,29)/t21-,24+,25-/m1/s1. The molecule has 0 saturated carbocycles. The van der Waals surface area contributed by atoms with Crippen LogP contribution in [0.25, 0.3) is 0 Å². The van der Waals surface area contributed by atoms with Gasteiger partial charge in [-0.15, -0.1) is 0 Å². The topological polar surface area (TPSA) is 102 Å². The van der Waals surface area contributed by atoms with Gasteiger partial charge < -0.3 is 33.7 Å². The van der Waals surface area contributed by atoms with Crippen molar-refractivity contribution in [2.75, 3.05) is 59.5 Å². The number of carbonyl (C=O) groups is 2. The van der Waals surface area contributed by atoms with Crippen molar-refractivity contribution in [3.8, 4) is 0 Å². The average molecular weight is 516 g/mol. The first kappa shape index (κ1) is 32.5. The van der Waals surface area contributed by atoms with Crippen molar-refractivity contribution in [2.24, 2.45) is 5.92 Å². The van der Waals surface area contributed by atoms with Crippen LogP contribution in [0.15, 0.2) is 11.6 Å². The smallest absolute Gasteiger partial charge is 0.333 e. The largest absolute Gasteiger partial charge is 0.463 e. The van der Waals surface area contributed by atoms with Crippen molar-refractivity contribution >= 4 is 11.9 Å². The lowest BCUT2D eigenvalue weighted by atomic mass is 9.83. The maximum atomic E-state index is 12.6. The van der Waals surface area contributed by atoms with Crippen LogP contribution in [0, 0.1) is 5.92 Å². The normalized spacial score (nSPS) is 19.8. The van der Waals surface area contributed by atoms with E-state index in [1.165, 1.54) is 0 Å². The van der Waals surface area contributed by atoms with Gasteiger partial charge in [0.2, 0.25) is 5.91 Å². The third-order valence-corrected chi connectivity index (χ3v) is 6.04. The van der Waals surface area contributed by atoms with Gasteiger partial charge in [0.15, 0.2) is 0 Å². The monoisotopic (exact) mass is 515 g/mol. The van der Waals surface area contributed by atoms with Crippen molar-refractivity contribution in [3.63, 3.8) is 0 Å². The van der Waals surface area contributed by atoms with Crippen LogP contribution in [-0.4, -0.2) is 89.6 Å². The highest BCUT2D eigenvalue weighted by atomic mass is 16.6. The maximum Gasteiger partial charge on any atom is 0.333 e. The third kappa shape index (κ3) is 13.7. The van der Waals surface area contributed by atoms with E-state index in [4.69, 9.17) is 28.4 Å². The molecule has 210 valence electrons. The highest BCUT2D eigenvalue weighted by Crippen LogP contribution is 2.29. The molecule has 1 aliphatic carbocycles. The van der Waals surface area contributed by atoms with E-state index >= 15 is 0 Å². The summed E-state index contributed by atoms with van der Waals surface area (Å²) in [7, 11) is 0. The number of hydrogen-bond acceptors (Lipinski definition) is 8. The Kier molecular flexibility index (Phi) is 18.5. The second kappa shape index (κ2) is 20.5. The first-order valence-electron chi connectivity index (χ1n) is 13.6. The first-order valence-corrected chi connectivity index (χ1v) is 13.6. The van der Waals surface area contributed by atoms with E-state index in [-0.39, 0.29) is 42.5 Å². The molecule has 9 heteroatoms. The number of ether oxygens (including phenoxy) is 6. The van der Waals surface area contributed by atoms with E-state index in [9.17, 15) is 9.59 Å². The Hall–Kier alpha value is -1.52. The molecule has 0 bridgehead atoms. The van der Waals surface area contributed by atoms with Gasteiger partial charge in [0.25, 0.3) is 0 Å². The lowest BCUT2D eigenvalue weighted by Crippen LogP contribution is -2.48. The van der Waals surface area contributed by atoms with Gasteiger partial charge in [0, 0.05) is 30.6 Å². The summed E-state index contributed by atoms with van der Waals surface area (Å²) < 4.78 is 33.2. The van der Waals surface area contributed by atoms with Gasteiger partial charge in [0.1, 0.15) is 0 Å². The lowest BCUT2D eigenvalue weighted by Gasteiger charge is -2.36. The van der Waals surface area contributed by atoms with Crippen molar-refractivity contribution in [1.82, 2.24) is 5.32 Å². The number of hydrogen-bond donors (Lipinski definition) is 1. The van der Waals surface area contributed by atoms with E-state index in [0.29, 0.717) is 64.8 Å². The van der Waals surface area contributed by atoms with Crippen LogP contribution in [0.4, 0.5) is 0 Å². The van der Waals surface area contributed by atoms with Crippen LogP contribution in [0.5, 0.6) is 0 Å². The van der Waals surface area contributed by atoms with Crippen molar-refractivity contribution in [3.05, 3.63) is 11.6 Å². The molecule has 0 unspecified atom stereocenters. The maximum absolute atomic E-state index is 12.6. The van der Waals surface area contributed by atoms with Crippen LogP contribution in [0.3, 0.4) is 0 Å². The number of carbonyl (C=O) groups excluding carboxylic acids is 2. The molecule has 0 aromatic carbocycles. The van der Waals surface area contributed by atoms with Crippen LogP contribution in [0.1, 0.15) is 66.7 Å². The highest BCUT2D eigenvalue weighted by molar-refractivity contribution is 5.89. The lowest BCUT2D eigenvalue weighted by molar-refractivity contribution is -0.139. The first-order chi connectivity index (χ1) is 17.5. The Morgan fingerprint density at radius 3 is 1.97 bits per heavy atom. The van der Waals surface area contributed by atoms with Gasteiger partial charge in [-0.05, 0) is 38.7 Å². The summed E-state index contributed by atoms with van der Waals surface area (Å²) in [6, 6.07) is -0.211. The fourth-order valence-corrected chi connectivity index (χ4v) is 3.84. The summed E-state index contributed by atoms with van der Waals surface area (Å²) in [5, 5.41) is 3.07. The summed E-state index contributed by atoms with van der Waals surface area (Å²) in [5.41, 5.74) is 0.557. The molecule has 0 aromatic rings. The summed E-state index contributed by atoms with van der Waals surface area (Å²) in [6.45, 7) is 14.5. The molecule has 9 nitrogen and oxygen atoms in total. The van der Waals surface area contributed by atoms with Crippen LogP contribution >= 0.6 is 0 Å². The third-order valence-electron chi connectivity index (χ3n) is 6.04. The Morgan fingerprint density at radius 1 is 0.889 bits per heavy atom. The summed E-state index contributed by atoms with van der Waals surface area (Å²) in [4.78, 5) is 25.0. The van der Waals surface area contributed by atoms with Crippen molar-refractivity contribution in [1.29, 1.82) is 0 Å². The molecule has 1 N–H and O–H groups in total. The molecule has 0 radical (unpaired) electrons. The predicted molar refractivity (Wildman–Crippen MR) is 138 cm³/mol. The summed E-state index contributed by atoms with van der Waals surface area (Å²) >= 11 is 0. The zero-order valence-corrected chi connectivity index (χ0v) is 23.1. The highest BCUT2D eigenvalue weighted by Gasteiger charge is 2.35. The Balaban J connectivity index is 2.33. The van der Waals surface area contributed by atoms with Crippen LogP contribution in [-0.2, 0) is 38.0 Å². The molecule has 0 aromatic heterocycles. The average Bonchev–Trinajstić information content (AvgIpc) is 2.87.